The highest BCUT2D eigenvalue weighted by Gasteiger charge is 2.22. The van der Waals surface area contributed by atoms with E-state index in [1.165, 1.54) is 17.1 Å². The molecule has 2 heterocycles. The summed E-state index contributed by atoms with van der Waals surface area (Å²) < 4.78 is 4.18. The van der Waals surface area contributed by atoms with E-state index in [1.54, 1.807) is 0 Å². The summed E-state index contributed by atoms with van der Waals surface area (Å²) in [5.41, 5.74) is 2.29. The molecule has 4 nitrogen and oxygen atoms in total. The zero-order chi connectivity index (χ0) is 12.5. The summed E-state index contributed by atoms with van der Waals surface area (Å²) in [7, 11) is 0. The molecule has 1 aliphatic heterocycles. The molecule has 3 rings (SSSR count). The second kappa shape index (κ2) is 4.49. The highest BCUT2D eigenvalue weighted by molar-refractivity contribution is 7.09. The lowest BCUT2D eigenvalue weighted by atomic mass is 9.97. The number of aryl methyl sites for hydroxylation is 1. The fraction of sp³-hybridized carbons (Fsp3) is 0.308. The second-order valence-corrected chi connectivity index (χ2v) is 5.23. The van der Waals surface area contributed by atoms with Crippen LogP contribution in [0.1, 0.15) is 23.7 Å². The number of benzene rings is 1. The number of hydrogen-bond acceptors (Lipinski definition) is 4. The van der Waals surface area contributed by atoms with Crippen LogP contribution in [0.3, 0.4) is 0 Å². The molecule has 1 aromatic carbocycles. The number of aromatic nitrogens is 2. The van der Waals surface area contributed by atoms with Crippen molar-refractivity contribution in [1.82, 2.24) is 14.7 Å². The minimum absolute atomic E-state index is 0.142. The van der Waals surface area contributed by atoms with Crippen LogP contribution in [0.25, 0.3) is 10.6 Å². The van der Waals surface area contributed by atoms with Crippen LogP contribution in [0.15, 0.2) is 24.3 Å². The third-order valence-electron chi connectivity index (χ3n) is 3.13. The molecule has 1 amide bonds. The maximum Gasteiger partial charge on any atom is 0.220 e. The number of hydrogen-bond donors (Lipinski definition) is 1. The minimum Gasteiger partial charge on any atom is -0.355 e. The summed E-state index contributed by atoms with van der Waals surface area (Å²) in [6.45, 7) is 2.64. The van der Waals surface area contributed by atoms with Crippen molar-refractivity contribution >= 4 is 17.4 Å². The SMILES string of the molecule is Cc1nsc(-c2ccc(C3CNC(=O)C3)cc2)n1. The molecule has 1 fully saturated rings. The average Bonchev–Trinajstić information content (AvgIpc) is 2.98. The number of nitrogens with zero attached hydrogens (tertiary/aromatic N) is 2. The van der Waals surface area contributed by atoms with E-state index in [0.717, 1.165) is 22.9 Å². The van der Waals surface area contributed by atoms with E-state index in [2.05, 4.69) is 38.9 Å². The van der Waals surface area contributed by atoms with Gasteiger partial charge in [-0.2, -0.15) is 4.37 Å². The predicted molar refractivity (Wildman–Crippen MR) is 70.4 cm³/mol. The van der Waals surface area contributed by atoms with Gasteiger partial charge in [0.15, 0.2) is 0 Å². The van der Waals surface area contributed by atoms with E-state index in [4.69, 9.17) is 0 Å². The number of carbonyl (C=O) groups excluding carboxylic acids is 1. The van der Waals surface area contributed by atoms with E-state index in [0.29, 0.717) is 12.3 Å². The standard InChI is InChI=1S/C13H13N3OS/c1-8-15-13(18-16-8)10-4-2-9(3-5-10)11-6-12(17)14-7-11/h2-5,11H,6-7H2,1H3,(H,14,17). The van der Waals surface area contributed by atoms with Crippen molar-refractivity contribution in [1.29, 1.82) is 0 Å². The van der Waals surface area contributed by atoms with Crippen molar-refractivity contribution in [3.8, 4) is 10.6 Å². The predicted octanol–water partition coefficient (Wildman–Crippen LogP) is 2.12. The first-order valence-corrected chi connectivity index (χ1v) is 6.67. The van der Waals surface area contributed by atoms with Crippen LogP contribution in [0, 0.1) is 6.92 Å². The van der Waals surface area contributed by atoms with E-state index in [9.17, 15) is 4.79 Å². The van der Waals surface area contributed by atoms with E-state index in [1.807, 2.05) is 6.92 Å². The lowest BCUT2D eigenvalue weighted by Crippen LogP contribution is -2.13. The van der Waals surface area contributed by atoms with Gasteiger partial charge in [0, 0.05) is 24.4 Å². The fourth-order valence-electron chi connectivity index (χ4n) is 2.15. The van der Waals surface area contributed by atoms with Gasteiger partial charge in [-0.25, -0.2) is 4.98 Å². The van der Waals surface area contributed by atoms with Crippen LogP contribution >= 0.6 is 11.5 Å². The smallest absolute Gasteiger partial charge is 0.220 e. The molecule has 0 spiro atoms. The van der Waals surface area contributed by atoms with Gasteiger partial charge in [-0.05, 0) is 24.0 Å². The van der Waals surface area contributed by atoms with E-state index in [-0.39, 0.29) is 5.91 Å². The fourth-order valence-corrected chi connectivity index (χ4v) is 2.83. The Labute approximate surface area is 109 Å². The van der Waals surface area contributed by atoms with Gasteiger partial charge in [-0.1, -0.05) is 24.3 Å². The van der Waals surface area contributed by atoms with Crippen molar-refractivity contribution in [3.05, 3.63) is 35.7 Å². The molecule has 1 atom stereocenters. The quantitative estimate of drug-likeness (QED) is 0.898. The third-order valence-corrected chi connectivity index (χ3v) is 3.99. The van der Waals surface area contributed by atoms with Crippen molar-refractivity contribution in [2.24, 2.45) is 0 Å². The lowest BCUT2D eigenvalue weighted by Gasteiger charge is -2.07. The second-order valence-electron chi connectivity index (χ2n) is 4.47. The highest BCUT2D eigenvalue weighted by atomic mass is 32.1. The first-order valence-electron chi connectivity index (χ1n) is 5.90. The van der Waals surface area contributed by atoms with Crippen LogP contribution in [-0.4, -0.2) is 21.8 Å². The maximum absolute atomic E-state index is 11.2. The Morgan fingerprint density at radius 3 is 2.67 bits per heavy atom. The monoisotopic (exact) mass is 259 g/mol. The van der Waals surface area contributed by atoms with E-state index < -0.39 is 0 Å². The van der Waals surface area contributed by atoms with Gasteiger partial charge >= 0.3 is 0 Å². The van der Waals surface area contributed by atoms with E-state index >= 15 is 0 Å². The Bertz CT molecular complexity index is 576. The lowest BCUT2D eigenvalue weighted by molar-refractivity contribution is -0.119. The summed E-state index contributed by atoms with van der Waals surface area (Å²) in [5.74, 6) is 1.26. The summed E-state index contributed by atoms with van der Waals surface area (Å²) in [6.07, 6.45) is 0.595. The largest absolute Gasteiger partial charge is 0.355 e. The van der Waals surface area contributed by atoms with Crippen LogP contribution in [0.2, 0.25) is 0 Å². The molecule has 1 aromatic heterocycles. The van der Waals surface area contributed by atoms with Crippen molar-refractivity contribution in [2.45, 2.75) is 19.3 Å². The van der Waals surface area contributed by atoms with Gasteiger partial charge in [-0.15, -0.1) is 0 Å². The van der Waals surface area contributed by atoms with Gasteiger partial charge in [0.2, 0.25) is 5.91 Å². The molecule has 1 N–H and O–H groups in total. The van der Waals surface area contributed by atoms with Crippen molar-refractivity contribution in [3.63, 3.8) is 0 Å². The van der Waals surface area contributed by atoms with Crippen LogP contribution in [-0.2, 0) is 4.79 Å². The Morgan fingerprint density at radius 2 is 2.11 bits per heavy atom. The maximum atomic E-state index is 11.2. The Kier molecular flexibility index (Phi) is 2.83. The Morgan fingerprint density at radius 1 is 1.33 bits per heavy atom. The first kappa shape index (κ1) is 11.3. The molecular weight excluding hydrogens is 246 g/mol. The average molecular weight is 259 g/mol. The Hall–Kier alpha value is -1.75. The number of rotatable bonds is 2. The molecule has 5 heteroatoms. The van der Waals surface area contributed by atoms with Gasteiger partial charge in [0.25, 0.3) is 0 Å². The van der Waals surface area contributed by atoms with Gasteiger partial charge < -0.3 is 5.32 Å². The van der Waals surface area contributed by atoms with Crippen LogP contribution < -0.4 is 5.32 Å². The van der Waals surface area contributed by atoms with Crippen molar-refractivity contribution < 1.29 is 4.79 Å². The van der Waals surface area contributed by atoms with Gasteiger partial charge in [0.05, 0.1) is 0 Å². The first-order chi connectivity index (χ1) is 8.72. The molecule has 1 unspecified atom stereocenters. The summed E-state index contributed by atoms with van der Waals surface area (Å²) in [6, 6.07) is 8.27. The molecule has 92 valence electrons. The van der Waals surface area contributed by atoms with Crippen LogP contribution in [0.5, 0.6) is 0 Å². The molecule has 1 saturated heterocycles. The molecule has 0 aliphatic carbocycles. The molecular formula is C13H13N3OS. The zero-order valence-electron chi connectivity index (χ0n) is 10.0. The topological polar surface area (TPSA) is 54.9 Å². The molecule has 0 saturated carbocycles. The van der Waals surface area contributed by atoms with Gasteiger partial charge in [-0.3, -0.25) is 4.79 Å². The third kappa shape index (κ3) is 2.13. The normalized spacial score (nSPS) is 18.9. The molecule has 1 aliphatic rings. The highest BCUT2D eigenvalue weighted by Crippen LogP contribution is 2.27. The number of carbonyl (C=O) groups is 1. The molecule has 18 heavy (non-hydrogen) atoms. The Balaban J connectivity index is 1.83. The van der Waals surface area contributed by atoms with Gasteiger partial charge in [0.1, 0.15) is 10.8 Å². The number of amides is 1. The molecule has 0 radical (unpaired) electrons. The summed E-state index contributed by atoms with van der Waals surface area (Å²) >= 11 is 1.41. The molecule has 2 aromatic rings. The molecule has 0 bridgehead atoms. The van der Waals surface area contributed by atoms with Crippen LogP contribution in [0.4, 0.5) is 0 Å². The number of nitrogens with one attached hydrogen (secondary N) is 1. The van der Waals surface area contributed by atoms with Crippen molar-refractivity contribution in [2.75, 3.05) is 6.54 Å². The zero-order valence-corrected chi connectivity index (χ0v) is 10.8. The summed E-state index contributed by atoms with van der Waals surface area (Å²) in [5, 5.41) is 3.80. The summed E-state index contributed by atoms with van der Waals surface area (Å²) in [4.78, 5) is 15.6. The minimum atomic E-state index is 0.142.